The van der Waals surface area contributed by atoms with Crippen molar-refractivity contribution in [1.82, 2.24) is 4.98 Å². The largest absolute Gasteiger partial charge is 0.343 e. The Morgan fingerprint density at radius 1 is 1.12 bits per heavy atom. The van der Waals surface area contributed by atoms with Crippen molar-refractivity contribution in [3.8, 4) is 0 Å². The summed E-state index contributed by atoms with van der Waals surface area (Å²) in [6.07, 6.45) is 3.78. The molecule has 2 heterocycles. The van der Waals surface area contributed by atoms with E-state index in [1.807, 2.05) is 18.0 Å². The fourth-order valence-corrected chi connectivity index (χ4v) is 5.61. The number of hydrogen-bond donors (Lipinski definition) is 1. The van der Waals surface area contributed by atoms with Crippen molar-refractivity contribution in [2.45, 2.75) is 35.0 Å². The fourth-order valence-electron chi connectivity index (χ4n) is 3.65. The van der Waals surface area contributed by atoms with E-state index in [9.17, 15) is 0 Å². The first kappa shape index (κ1) is 17.6. The molecule has 3 nitrogen and oxygen atoms in total. The fraction of sp³-hybridized carbons (Fsp3) is 0.286. The standard InChI is InChI=1S/C21H23N3S2/c1-21(9-10-22,20-23-11-12-25-20)14-15-7-8-19-17(13-15)24(2)16-5-3-4-6-18(16)26-19/h3-8,11-13H,9-10,14,22H2,1-2H3. The predicted molar refractivity (Wildman–Crippen MR) is 112 cm³/mol. The highest BCUT2D eigenvalue weighted by Gasteiger charge is 2.30. The summed E-state index contributed by atoms with van der Waals surface area (Å²) in [5.41, 5.74) is 9.79. The summed E-state index contributed by atoms with van der Waals surface area (Å²) >= 11 is 3.58. The molecule has 1 aliphatic rings. The third-order valence-electron chi connectivity index (χ3n) is 5.07. The van der Waals surface area contributed by atoms with Gasteiger partial charge >= 0.3 is 0 Å². The van der Waals surface area contributed by atoms with Crippen LogP contribution >= 0.6 is 23.1 Å². The normalized spacial score (nSPS) is 15.3. The minimum atomic E-state index is -0.0184. The molecule has 1 aromatic heterocycles. The number of nitrogens with zero attached hydrogens (tertiary/aromatic N) is 2. The first-order chi connectivity index (χ1) is 12.6. The molecule has 5 heteroatoms. The molecule has 1 aliphatic heterocycles. The number of para-hydroxylation sites is 1. The van der Waals surface area contributed by atoms with Gasteiger partial charge < -0.3 is 10.6 Å². The number of benzene rings is 2. The molecule has 0 aliphatic carbocycles. The molecule has 26 heavy (non-hydrogen) atoms. The lowest BCUT2D eigenvalue weighted by atomic mass is 9.81. The molecule has 0 radical (unpaired) electrons. The van der Waals surface area contributed by atoms with E-state index in [1.54, 1.807) is 11.3 Å². The van der Waals surface area contributed by atoms with Crippen LogP contribution in [0.5, 0.6) is 0 Å². The zero-order valence-corrected chi connectivity index (χ0v) is 16.7. The van der Waals surface area contributed by atoms with Crippen molar-refractivity contribution in [1.29, 1.82) is 0 Å². The van der Waals surface area contributed by atoms with Gasteiger partial charge in [0.25, 0.3) is 0 Å². The number of fused-ring (bicyclic) bond motifs is 2. The molecule has 1 unspecified atom stereocenters. The molecule has 0 saturated carbocycles. The van der Waals surface area contributed by atoms with Crippen molar-refractivity contribution < 1.29 is 0 Å². The van der Waals surface area contributed by atoms with Gasteiger partial charge in [0.05, 0.1) is 16.4 Å². The summed E-state index contributed by atoms with van der Waals surface area (Å²) in [6.45, 7) is 2.95. The van der Waals surface area contributed by atoms with Crippen LogP contribution in [0.2, 0.25) is 0 Å². The second-order valence-corrected chi connectivity index (χ2v) is 9.02. The van der Waals surface area contributed by atoms with E-state index in [0.29, 0.717) is 6.54 Å². The van der Waals surface area contributed by atoms with E-state index in [1.165, 1.54) is 31.7 Å². The Balaban J connectivity index is 1.67. The first-order valence-electron chi connectivity index (χ1n) is 8.84. The van der Waals surface area contributed by atoms with Crippen molar-refractivity contribution in [2.75, 3.05) is 18.5 Å². The SMILES string of the molecule is CN1c2ccccc2Sc2ccc(CC(C)(CCN)c3nccs3)cc21. The summed E-state index contributed by atoms with van der Waals surface area (Å²) in [7, 11) is 2.15. The van der Waals surface area contributed by atoms with Gasteiger partial charge in [0.2, 0.25) is 0 Å². The van der Waals surface area contributed by atoms with E-state index < -0.39 is 0 Å². The maximum atomic E-state index is 5.93. The van der Waals surface area contributed by atoms with Crippen molar-refractivity contribution in [2.24, 2.45) is 5.73 Å². The molecule has 0 amide bonds. The third kappa shape index (κ3) is 3.15. The molecule has 2 aromatic carbocycles. The molecule has 134 valence electrons. The van der Waals surface area contributed by atoms with Crippen LogP contribution < -0.4 is 10.6 Å². The van der Waals surface area contributed by atoms with Gasteiger partial charge in [0, 0.05) is 33.8 Å². The topological polar surface area (TPSA) is 42.1 Å². The van der Waals surface area contributed by atoms with Crippen LogP contribution in [0, 0.1) is 0 Å². The van der Waals surface area contributed by atoms with E-state index in [4.69, 9.17) is 5.73 Å². The van der Waals surface area contributed by atoms with Gasteiger partial charge in [-0.05, 0) is 49.2 Å². The highest BCUT2D eigenvalue weighted by molar-refractivity contribution is 7.99. The first-order valence-corrected chi connectivity index (χ1v) is 10.5. The van der Waals surface area contributed by atoms with Gasteiger partial charge in [0.15, 0.2) is 0 Å². The molecular weight excluding hydrogens is 358 g/mol. The van der Waals surface area contributed by atoms with Crippen LogP contribution in [-0.2, 0) is 11.8 Å². The number of aromatic nitrogens is 1. The van der Waals surface area contributed by atoms with Gasteiger partial charge in [0.1, 0.15) is 0 Å². The molecule has 0 bridgehead atoms. The number of thiazole rings is 1. The van der Waals surface area contributed by atoms with Crippen molar-refractivity contribution in [3.05, 3.63) is 64.6 Å². The van der Waals surface area contributed by atoms with E-state index in [0.717, 1.165) is 12.8 Å². The quantitative estimate of drug-likeness (QED) is 0.657. The summed E-state index contributed by atoms with van der Waals surface area (Å²) in [5, 5.41) is 3.23. The Labute approximate surface area is 163 Å². The predicted octanol–water partition coefficient (Wildman–Crippen LogP) is 5.22. The molecule has 4 rings (SSSR count). The highest BCUT2D eigenvalue weighted by Crippen LogP contribution is 2.48. The zero-order valence-electron chi connectivity index (χ0n) is 15.1. The monoisotopic (exact) mass is 381 g/mol. The maximum absolute atomic E-state index is 5.93. The molecule has 2 N–H and O–H groups in total. The lowest BCUT2D eigenvalue weighted by Crippen LogP contribution is -2.28. The van der Waals surface area contributed by atoms with Crippen molar-refractivity contribution >= 4 is 34.5 Å². The van der Waals surface area contributed by atoms with Crippen LogP contribution in [0.25, 0.3) is 0 Å². The van der Waals surface area contributed by atoms with E-state index >= 15 is 0 Å². The smallest absolute Gasteiger partial charge is 0.0987 e. The second kappa shape index (κ2) is 7.06. The van der Waals surface area contributed by atoms with Gasteiger partial charge in [-0.2, -0.15) is 0 Å². The average molecular weight is 382 g/mol. The number of anilines is 2. The zero-order chi connectivity index (χ0) is 18.1. The molecule has 3 aromatic rings. The summed E-state index contributed by atoms with van der Waals surface area (Å²) in [6, 6.07) is 15.4. The Kier molecular flexibility index (Phi) is 4.78. The highest BCUT2D eigenvalue weighted by atomic mass is 32.2. The van der Waals surface area contributed by atoms with Crippen LogP contribution in [0.4, 0.5) is 11.4 Å². The lowest BCUT2D eigenvalue weighted by molar-refractivity contribution is 0.435. The minimum absolute atomic E-state index is 0.0184. The van der Waals surface area contributed by atoms with Crippen LogP contribution in [0.3, 0.4) is 0 Å². The van der Waals surface area contributed by atoms with Crippen LogP contribution in [0.1, 0.15) is 23.9 Å². The summed E-state index contributed by atoms with van der Waals surface area (Å²) in [5.74, 6) is 0. The Hall–Kier alpha value is -1.82. The molecular formula is C21H23N3S2. The van der Waals surface area contributed by atoms with Gasteiger partial charge in [-0.3, -0.25) is 0 Å². The molecule has 0 fully saturated rings. The number of nitrogens with two attached hydrogens (primary N) is 1. The minimum Gasteiger partial charge on any atom is -0.343 e. The summed E-state index contributed by atoms with van der Waals surface area (Å²) < 4.78 is 0. The number of hydrogen-bond acceptors (Lipinski definition) is 5. The molecule has 0 saturated heterocycles. The van der Waals surface area contributed by atoms with Gasteiger partial charge in [-0.1, -0.05) is 36.9 Å². The Morgan fingerprint density at radius 2 is 1.92 bits per heavy atom. The Bertz CT molecular complexity index is 907. The average Bonchev–Trinajstić information content (AvgIpc) is 3.18. The molecule has 0 spiro atoms. The van der Waals surface area contributed by atoms with Gasteiger partial charge in [-0.25, -0.2) is 4.98 Å². The maximum Gasteiger partial charge on any atom is 0.0987 e. The second-order valence-electron chi connectivity index (χ2n) is 7.04. The van der Waals surface area contributed by atoms with E-state index in [-0.39, 0.29) is 5.41 Å². The van der Waals surface area contributed by atoms with Crippen LogP contribution in [-0.4, -0.2) is 18.6 Å². The lowest BCUT2D eigenvalue weighted by Gasteiger charge is -2.31. The molecule has 1 atom stereocenters. The van der Waals surface area contributed by atoms with Crippen LogP contribution in [0.15, 0.2) is 63.8 Å². The third-order valence-corrected chi connectivity index (χ3v) is 7.28. The van der Waals surface area contributed by atoms with E-state index in [2.05, 4.69) is 71.7 Å². The van der Waals surface area contributed by atoms with Gasteiger partial charge in [-0.15, -0.1) is 11.3 Å². The number of rotatable bonds is 5. The van der Waals surface area contributed by atoms with Crippen molar-refractivity contribution in [3.63, 3.8) is 0 Å². The Morgan fingerprint density at radius 3 is 2.69 bits per heavy atom. The summed E-state index contributed by atoms with van der Waals surface area (Å²) in [4.78, 5) is 9.50.